The lowest BCUT2D eigenvalue weighted by Crippen LogP contribution is -2.33. The van der Waals surface area contributed by atoms with E-state index in [1.807, 2.05) is 20.8 Å². The highest BCUT2D eigenvalue weighted by Crippen LogP contribution is 2.12. The fourth-order valence-electron chi connectivity index (χ4n) is 1.70. The molecule has 0 fully saturated rings. The number of anilines is 1. The van der Waals surface area contributed by atoms with Crippen LogP contribution in [0, 0.1) is 0 Å². The Bertz CT molecular complexity index is 489. The summed E-state index contributed by atoms with van der Waals surface area (Å²) in [6, 6.07) is 1.70. The lowest BCUT2D eigenvalue weighted by atomic mass is 10.2. The van der Waals surface area contributed by atoms with E-state index in [9.17, 15) is 4.79 Å². The van der Waals surface area contributed by atoms with Gasteiger partial charge in [0.15, 0.2) is 0 Å². The van der Waals surface area contributed by atoms with Gasteiger partial charge in [0.1, 0.15) is 22.4 Å². The summed E-state index contributed by atoms with van der Waals surface area (Å²) in [6.45, 7) is 8.78. The van der Waals surface area contributed by atoms with Crippen molar-refractivity contribution in [2.24, 2.45) is 0 Å². The van der Waals surface area contributed by atoms with Crippen molar-refractivity contribution in [2.45, 2.75) is 52.6 Å². The molecule has 7 heteroatoms. The fraction of sp³-hybridized carbons (Fsp3) is 0.667. The third kappa shape index (κ3) is 8.02. The minimum absolute atomic E-state index is 0.400. The number of halogens is 1. The maximum Gasteiger partial charge on any atom is 0.407 e. The zero-order valence-corrected chi connectivity index (χ0v) is 14.5. The summed E-state index contributed by atoms with van der Waals surface area (Å²) in [7, 11) is 0. The van der Waals surface area contributed by atoms with E-state index in [1.165, 1.54) is 0 Å². The predicted octanol–water partition coefficient (Wildman–Crippen LogP) is 3.41. The maximum absolute atomic E-state index is 11.5. The summed E-state index contributed by atoms with van der Waals surface area (Å²) in [4.78, 5) is 20.0. The summed E-state index contributed by atoms with van der Waals surface area (Å²) in [5.41, 5.74) is -0.476. The van der Waals surface area contributed by atoms with Crippen molar-refractivity contribution in [2.75, 3.05) is 18.4 Å². The van der Waals surface area contributed by atoms with Crippen LogP contribution in [0.1, 0.15) is 46.4 Å². The molecule has 1 heterocycles. The molecule has 0 unspecified atom stereocenters. The highest BCUT2D eigenvalue weighted by atomic mass is 35.5. The number of carbonyl (C=O) groups excluding carboxylic acids is 1. The zero-order valence-electron chi connectivity index (χ0n) is 13.7. The van der Waals surface area contributed by atoms with Gasteiger partial charge in [-0.25, -0.2) is 14.8 Å². The van der Waals surface area contributed by atoms with Crippen molar-refractivity contribution in [1.29, 1.82) is 0 Å². The van der Waals surface area contributed by atoms with Crippen LogP contribution in [0.25, 0.3) is 0 Å². The standard InChI is InChI=1S/C15H25ClN4O2/c1-5-7-12-19-11(16)10-13(20-12)17-8-6-9-18-14(21)22-15(2,3)4/h10H,5-9H2,1-4H3,(H,18,21)(H,17,19,20). The first kappa shape index (κ1) is 18.5. The summed E-state index contributed by atoms with van der Waals surface area (Å²) in [5, 5.41) is 6.32. The maximum atomic E-state index is 11.5. The van der Waals surface area contributed by atoms with Crippen molar-refractivity contribution in [1.82, 2.24) is 15.3 Å². The molecule has 0 saturated heterocycles. The smallest absolute Gasteiger partial charge is 0.407 e. The van der Waals surface area contributed by atoms with Gasteiger partial charge in [0, 0.05) is 25.6 Å². The summed E-state index contributed by atoms with van der Waals surface area (Å²) >= 11 is 5.96. The molecule has 0 atom stereocenters. The van der Waals surface area contributed by atoms with Gasteiger partial charge in [-0.3, -0.25) is 0 Å². The Morgan fingerprint density at radius 2 is 2.05 bits per heavy atom. The molecule has 1 rings (SSSR count). The topological polar surface area (TPSA) is 76.1 Å². The van der Waals surface area contributed by atoms with Crippen LogP contribution in [-0.2, 0) is 11.2 Å². The lowest BCUT2D eigenvalue weighted by Gasteiger charge is -2.19. The molecule has 0 aliphatic rings. The Labute approximate surface area is 137 Å². The molecule has 22 heavy (non-hydrogen) atoms. The quantitative estimate of drug-likeness (QED) is 0.592. The second kappa shape index (κ2) is 8.78. The van der Waals surface area contributed by atoms with Gasteiger partial charge in [-0.1, -0.05) is 18.5 Å². The minimum atomic E-state index is -0.476. The van der Waals surface area contributed by atoms with Gasteiger partial charge in [0.05, 0.1) is 0 Å². The first-order chi connectivity index (χ1) is 10.3. The van der Waals surface area contributed by atoms with Crippen molar-refractivity contribution < 1.29 is 9.53 Å². The van der Waals surface area contributed by atoms with Gasteiger partial charge in [-0.15, -0.1) is 0 Å². The average molecular weight is 329 g/mol. The highest BCUT2D eigenvalue weighted by molar-refractivity contribution is 6.29. The van der Waals surface area contributed by atoms with E-state index < -0.39 is 11.7 Å². The van der Waals surface area contributed by atoms with E-state index in [2.05, 4.69) is 27.5 Å². The van der Waals surface area contributed by atoms with Gasteiger partial charge < -0.3 is 15.4 Å². The second-order valence-electron chi connectivity index (χ2n) is 5.95. The number of hydrogen-bond donors (Lipinski definition) is 2. The number of amides is 1. The van der Waals surface area contributed by atoms with Crippen LogP contribution in [0.2, 0.25) is 5.15 Å². The van der Waals surface area contributed by atoms with E-state index in [0.717, 1.165) is 25.1 Å². The average Bonchev–Trinajstić information content (AvgIpc) is 2.36. The minimum Gasteiger partial charge on any atom is -0.444 e. The first-order valence-corrected chi connectivity index (χ1v) is 7.92. The monoisotopic (exact) mass is 328 g/mol. The van der Waals surface area contributed by atoms with Crippen molar-refractivity contribution in [3.8, 4) is 0 Å². The molecule has 1 aromatic rings. The van der Waals surface area contributed by atoms with Crippen LogP contribution in [0.4, 0.5) is 10.6 Å². The Kier molecular flexibility index (Phi) is 7.38. The largest absolute Gasteiger partial charge is 0.444 e. The van der Waals surface area contributed by atoms with E-state index in [4.69, 9.17) is 16.3 Å². The van der Waals surface area contributed by atoms with Crippen LogP contribution in [-0.4, -0.2) is 34.8 Å². The molecule has 2 N–H and O–H groups in total. The molecule has 0 aliphatic carbocycles. The fourth-order valence-corrected chi connectivity index (χ4v) is 1.90. The van der Waals surface area contributed by atoms with Crippen LogP contribution in [0.15, 0.2) is 6.07 Å². The molecule has 0 aromatic carbocycles. The number of hydrogen-bond acceptors (Lipinski definition) is 5. The molecule has 6 nitrogen and oxygen atoms in total. The molecular weight excluding hydrogens is 304 g/mol. The number of nitrogens with one attached hydrogen (secondary N) is 2. The third-order valence-corrected chi connectivity index (χ3v) is 2.74. The molecule has 0 radical (unpaired) electrons. The van der Waals surface area contributed by atoms with Crippen molar-refractivity contribution >= 4 is 23.5 Å². The molecule has 0 spiro atoms. The van der Waals surface area contributed by atoms with E-state index >= 15 is 0 Å². The Balaban J connectivity index is 2.29. The van der Waals surface area contributed by atoms with Crippen LogP contribution < -0.4 is 10.6 Å². The Morgan fingerprint density at radius 3 is 2.68 bits per heavy atom. The number of nitrogens with zero attached hydrogens (tertiary/aromatic N) is 2. The van der Waals surface area contributed by atoms with E-state index in [-0.39, 0.29) is 0 Å². The number of aromatic nitrogens is 2. The second-order valence-corrected chi connectivity index (χ2v) is 6.34. The number of alkyl carbamates (subject to hydrolysis) is 1. The van der Waals surface area contributed by atoms with E-state index in [0.29, 0.717) is 24.1 Å². The number of carbonyl (C=O) groups is 1. The zero-order chi connectivity index (χ0) is 16.6. The summed E-state index contributed by atoms with van der Waals surface area (Å²) < 4.78 is 5.15. The van der Waals surface area contributed by atoms with Crippen LogP contribution >= 0.6 is 11.6 Å². The first-order valence-electron chi connectivity index (χ1n) is 7.54. The number of ether oxygens (including phenoxy) is 1. The number of aryl methyl sites for hydroxylation is 1. The van der Waals surface area contributed by atoms with Gasteiger partial charge >= 0.3 is 6.09 Å². The number of rotatable bonds is 7. The SMILES string of the molecule is CCCc1nc(Cl)cc(NCCCNC(=O)OC(C)(C)C)n1. The van der Waals surface area contributed by atoms with Gasteiger partial charge in [-0.2, -0.15) is 0 Å². The Hall–Kier alpha value is -1.56. The van der Waals surface area contributed by atoms with Gasteiger partial charge in [0.2, 0.25) is 0 Å². The molecule has 0 bridgehead atoms. The predicted molar refractivity (Wildman–Crippen MR) is 88.4 cm³/mol. The third-order valence-electron chi connectivity index (χ3n) is 2.54. The highest BCUT2D eigenvalue weighted by Gasteiger charge is 2.15. The van der Waals surface area contributed by atoms with Gasteiger partial charge in [0.25, 0.3) is 0 Å². The summed E-state index contributed by atoms with van der Waals surface area (Å²) in [5.74, 6) is 1.45. The lowest BCUT2D eigenvalue weighted by molar-refractivity contribution is 0.0528. The molecule has 0 saturated carbocycles. The van der Waals surface area contributed by atoms with Crippen LogP contribution in [0.5, 0.6) is 0 Å². The Morgan fingerprint density at radius 1 is 1.32 bits per heavy atom. The van der Waals surface area contributed by atoms with E-state index in [1.54, 1.807) is 6.07 Å². The summed E-state index contributed by atoms with van der Waals surface area (Å²) in [6.07, 6.45) is 2.13. The van der Waals surface area contributed by atoms with Crippen LogP contribution in [0.3, 0.4) is 0 Å². The molecule has 0 aliphatic heterocycles. The molecule has 124 valence electrons. The molecule has 1 amide bonds. The van der Waals surface area contributed by atoms with Crippen molar-refractivity contribution in [3.63, 3.8) is 0 Å². The molecule has 1 aromatic heterocycles. The van der Waals surface area contributed by atoms with Gasteiger partial charge in [-0.05, 0) is 33.6 Å². The normalized spacial score (nSPS) is 11.1. The molecular formula is C15H25ClN4O2. The van der Waals surface area contributed by atoms with Crippen molar-refractivity contribution in [3.05, 3.63) is 17.0 Å².